The molecule has 12 heteroatoms. The van der Waals surface area contributed by atoms with Crippen LogP contribution in [0.3, 0.4) is 0 Å². The maximum atomic E-state index is 13.7. The molecule has 1 fully saturated rings. The Balaban J connectivity index is 0.00000289. The molecule has 4 heterocycles. The summed E-state index contributed by atoms with van der Waals surface area (Å²) >= 11 is 7.97. The minimum absolute atomic E-state index is 0. The van der Waals surface area contributed by atoms with Gasteiger partial charge in [0.05, 0.1) is 32.9 Å². The van der Waals surface area contributed by atoms with Crippen molar-refractivity contribution >= 4 is 64.3 Å². The highest BCUT2D eigenvalue weighted by molar-refractivity contribution is 8.00. The van der Waals surface area contributed by atoms with Gasteiger partial charge in [-0.3, -0.25) is 9.59 Å². The number of amides is 1. The molecular weight excluding hydrogens is 514 g/mol. The Kier molecular flexibility index (Phi) is 7.85. The Morgan fingerprint density at radius 2 is 2.00 bits per heavy atom. The first kappa shape index (κ1) is 25.7. The minimum atomic E-state index is -0.384. The molecule has 2 aliphatic heterocycles. The first-order valence-corrected chi connectivity index (χ1v) is 12.5. The van der Waals surface area contributed by atoms with Gasteiger partial charge in [0.25, 0.3) is 5.56 Å². The maximum absolute atomic E-state index is 13.7. The van der Waals surface area contributed by atoms with Crippen molar-refractivity contribution < 1.29 is 9.18 Å². The van der Waals surface area contributed by atoms with Crippen LogP contribution in [0.5, 0.6) is 0 Å². The van der Waals surface area contributed by atoms with E-state index in [2.05, 4.69) is 25.1 Å². The number of pyridine rings is 1. The molecule has 0 unspecified atom stereocenters. The van der Waals surface area contributed by atoms with Crippen molar-refractivity contribution in [2.75, 3.05) is 42.7 Å². The zero-order valence-corrected chi connectivity index (χ0v) is 21.4. The van der Waals surface area contributed by atoms with Crippen LogP contribution in [0.25, 0.3) is 11.0 Å². The summed E-state index contributed by atoms with van der Waals surface area (Å²) in [5.41, 5.74) is 0.886. The van der Waals surface area contributed by atoms with Gasteiger partial charge in [0, 0.05) is 39.3 Å². The van der Waals surface area contributed by atoms with Gasteiger partial charge in [-0.2, -0.15) is 0 Å². The fourth-order valence-corrected chi connectivity index (χ4v) is 5.67. The molecule has 0 bridgehead atoms. The zero-order chi connectivity index (χ0) is 23.8. The fraction of sp³-hybridized carbons (Fsp3) is 0.391. The number of halogens is 3. The van der Waals surface area contributed by atoms with E-state index in [-0.39, 0.29) is 35.7 Å². The van der Waals surface area contributed by atoms with E-state index in [4.69, 9.17) is 11.6 Å². The van der Waals surface area contributed by atoms with Gasteiger partial charge in [-0.25, -0.2) is 14.4 Å². The highest BCUT2D eigenvalue weighted by Gasteiger charge is 2.27. The Bertz CT molecular complexity index is 1320. The summed E-state index contributed by atoms with van der Waals surface area (Å²) in [6, 6.07) is 6.42. The summed E-state index contributed by atoms with van der Waals surface area (Å²) in [5.74, 6) is 1.16. The Morgan fingerprint density at radius 1 is 1.23 bits per heavy atom. The minimum Gasteiger partial charge on any atom is -0.355 e. The number of hydrogen-bond acceptors (Lipinski definition) is 7. The van der Waals surface area contributed by atoms with Crippen molar-refractivity contribution in [3.05, 3.63) is 51.7 Å². The van der Waals surface area contributed by atoms with Gasteiger partial charge in [-0.05, 0) is 37.1 Å². The van der Waals surface area contributed by atoms with E-state index < -0.39 is 0 Å². The summed E-state index contributed by atoms with van der Waals surface area (Å²) in [4.78, 5) is 38.1. The molecule has 1 N–H and O–H groups in total. The fourth-order valence-electron chi connectivity index (χ4n) is 4.53. The van der Waals surface area contributed by atoms with E-state index in [0.29, 0.717) is 46.5 Å². The van der Waals surface area contributed by atoms with Crippen molar-refractivity contribution in [3.8, 4) is 0 Å². The Hall–Kier alpha value is -2.40. The molecule has 0 radical (unpaired) electrons. The van der Waals surface area contributed by atoms with Gasteiger partial charge < -0.3 is 19.7 Å². The summed E-state index contributed by atoms with van der Waals surface area (Å²) in [6.45, 7) is 2.87. The van der Waals surface area contributed by atoms with E-state index in [1.165, 1.54) is 30.1 Å². The third kappa shape index (κ3) is 5.40. The number of anilines is 2. The Morgan fingerprint density at radius 3 is 2.77 bits per heavy atom. The molecule has 1 saturated heterocycles. The van der Waals surface area contributed by atoms with E-state index >= 15 is 0 Å². The first-order valence-electron chi connectivity index (χ1n) is 11.1. The topological polar surface area (TPSA) is 83.4 Å². The molecule has 1 amide bonds. The summed E-state index contributed by atoms with van der Waals surface area (Å²) in [7, 11) is 1.98. The number of nitrogens with zero attached hydrogens (tertiary/aromatic N) is 5. The average molecular weight is 539 g/mol. The maximum Gasteiger partial charge on any atom is 0.269 e. The van der Waals surface area contributed by atoms with E-state index in [9.17, 15) is 14.0 Å². The monoisotopic (exact) mass is 538 g/mol. The number of aromatic nitrogens is 3. The molecule has 8 nitrogen and oxygen atoms in total. The number of carbonyl (C=O) groups excluding carboxylic acids is 1. The molecule has 2 aromatic heterocycles. The second kappa shape index (κ2) is 10.7. The largest absolute Gasteiger partial charge is 0.355 e. The number of piperidine rings is 1. The normalized spacial score (nSPS) is 16.5. The summed E-state index contributed by atoms with van der Waals surface area (Å²) < 4.78 is 15.3. The number of hydrogen-bond donors (Lipinski definition) is 1. The number of carbonyl (C=O) groups is 1. The van der Waals surface area contributed by atoms with Gasteiger partial charge in [0.1, 0.15) is 17.5 Å². The van der Waals surface area contributed by atoms with Gasteiger partial charge in [-0.1, -0.05) is 11.6 Å². The number of benzene rings is 1. The lowest BCUT2D eigenvalue weighted by atomic mass is 10.0. The van der Waals surface area contributed by atoms with Crippen molar-refractivity contribution in [3.63, 3.8) is 0 Å². The van der Waals surface area contributed by atoms with Crippen molar-refractivity contribution in [1.82, 2.24) is 19.4 Å². The highest BCUT2D eigenvalue weighted by atomic mass is 35.5. The second-order valence-corrected chi connectivity index (χ2v) is 9.97. The van der Waals surface area contributed by atoms with Crippen LogP contribution in [0.1, 0.15) is 12.8 Å². The summed E-state index contributed by atoms with van der Waals surface area (Å²) in [5, 5.41) is 3.40. The molecule has 35 heavy (non-hydrogen) atoms. The van der Waals surface area contributed by atoms with Crippen molar-refractivity contribution in [2.45, 2.75) is 30.3 Å². The van der Waals surface area contributed by atoms with E-state index in [1.54, 1.807) is 10.6 Å². The third-order valence-corrected chi connectivity index (χ3v) is 7.73. The smallest absolute Gasteiger partial charge is 0.269 e. The lowest BCUT2D eigenvalue weighted by Crippen LogP contribution is -2.45. The van der Waals surface area contributed by atoms with Crippen LogP contribution in [0.15, 0.2) is 40.2 Å². The van der Waals surface area contributed by atoms with Crippen LogP contribution < -0.4 is 15.8 Å². The molecule has 0 spiro atoms. The molecule has 0 atom stereocenters. The summed E-state index contributed by atoms with van der Waals surface area (Å²) in [6.07, 6.45) is 3.11. The molecule has 0 saturated carbocycles. The number of fused-ring (bicyclic) bond motifs is 2. The second-order valence-electron chi connectivity index (χ2n) is 8.54. The van der Waals surface area contributed by atoms with Crippen molar-refractivity contribution in [1.29, 1.82) is 0 Å². The number of likely N-dealkylation sites (tertiary alicyclic amines) is 1. The predicted octanol–water partition coefficient (Wildman–Crippen LogP) is 3.65. The zero-order valence-electron chi connectivity index (χ0n) is 19.0. The van der Waals surface area contributed by atoms with Gasteiger partial charge in [0.2, 0.25) is 5.91 Å². The van der Waals surface area contributed by atoms with E-state index in [1.807, 2.05) is 13.1 Å². The molecule has 1 aromatic carbocycles. The van der Waals surface area contributed by atoms with Crippen LogP contribution in [-0.4, -0.2) is 63.8 Å². The van der Waals surface area contributed by atoms with Crippen LogP contribution >= 0.6 is 35.8 Å². The molecule has 0 aliphatic carbocycles. The van der Waals surface area contributed by atoms with E-state index in [0.717, 1.165) is 30.8 Å². The molecule has 2 aliphatic rings. The van der Waals surface area contributed by atoms with Gasteiger partial charge >= 0.3 is 0 Å². The quantitative estimate of drug-likeness (QED) is 0.530. The Labute approximate surface area is 217 Å². The molecule has 186 valence electrons. The number of rotatable bonds is 5. The number of thioether (sulfide) groups is 1. The van der Waals surface area contributed by atoms with Crippen molar-refractivity contribution in [2.24, 2.45) is 0 Å². The molecule has 3 aromatic rings. The average Bonchev–Trinajstić information content (AvgIpc) is 2.83. The van der Waals surface area contributed by atoms with Gasteiger partial charge in [0.15, 0.2) is 0 Å². The number of nitrogens with one attached hydrogen (secondary N) is 1. The SMILES string of the molecule is CN(c1nc2c(cc1Cl)SCC(=O)N2)C1CCN(CCn2c(=O)cnc3ccc(F)cc32)CC1.Cl. The predicted molar refractivity (Wildman–Crippen MR) is 140 cm³/mol. The lowest BCUT2D eigenvalue weighted by molar-refractivity contribution is -0.113. The molecular formula is C23H25Cl2FN6O2S. The van der Waals surface area contributed by atoms with Crippen LogP contribution in [0.2, 0.25) is 5.02 Å². The lowest BCUT2D eigenvalue weighted by Gasteiger charge is -2.38. The van der Waals surface area contributed by atoms with Gasteiger partial charge in [-0.15, -0.1) is 24.2 Å². The first-order chi connectivity index (χ1) is 16.4. The highest BCUT2D eigenvalue weighted by Crippen LogP contribution is 2.37. The molecule has 5 rings (SSSR count). The van der Waals surface area contributed by atoms with Crippen LogP contribution in [0.4, 0.5) is 16.0 Å². The van der Waals surface area contributed by atoms with Crippen LogP contribution in [-0.2, 0) is 11.3 Å². The third-order valence-electron chi connectivity index (χ3n) is 6.43. The standard InChI is InChI=1S/C23H24ClFN6O2S.ClH/c1-29(23-16(24)11-19-22(28-23)27-20(32)13-34-19)15-4-6-30(7-5-15)8-9-31-18-10-14(25)2-3-17(18)26-12-21(31)33;/h2-3,10-12,15H,4-9,13H2,1H3,(H,27,28,32);1H. The van der Waals surface area contributed by atoms with Crippen LogP contribution in [0, 0.1) is 5.82 Å².